The SMILES string of the molecule is CC(C)c1ccc2c(c1)CCCN2C(=O)C1CSCCS1. The number of aryl methyl sites for hydroxylation is 1. The first-order chi connectivity index (χ1) is 10.2. The molecule has 2 aliphatic heterocycles. The van der Waals surface area contributed by atoms with Gasteiger partial charge in [0.15, 0.2) is 0 Å². The third-order valence-corrected chi connectivity index (χ3v) is 6.99. The van der Waals surface area contributed by atoms with Gasteiger partial charge in [-0.1, -0.05) is 26.0 Å². The molecule has 1 atom stereocenters. The summed E-state index contributed by atoms with van der Waals surface area (Å²) in [5.74, 6) is 4.13. The van der Waals surface area contributed by atoms with Crippen LogP contribution in [0.5, 0.6) is 0 Å². The van der Waals surface area contributed by atoms with Crippen LogP contribution in [-0.2, 0) is 11.2 Å². The predicted octanol–water partition coefficient (Wildman–Crippen LogP) is 3.94. The molecule has 2 heterocycles. The highest BCUT2D eigenvalue weighted by atomic mass is 32.2. The topological polar surface area (TPSA) is 20.3 Å². The second-order valence-electron chi connectivity index (χ2n) is 6.07. The van der Waals surface area contributed by atoms with E-state index in [-0.39, 0.29) is 5.25 Å². The first-order valence-corrected chi connectivity index (χ1v) is 10.0. The van der Waals surface area contributed by atoms with Gasteiger partial charge in [-0.15, -0.1) is 11.8 Å². The molecule has 0 bridgehead atoms. The number of fused-ring (bicyclic) bond motifs is 1. The maximum absolute atomic E-state index is 12.8. The summed E-state index contributed by atoms with van der Waals surface area (Å²) in [6.07, 6.45) is 2.19. The number of nitrogens with zero attached hydrogens (tertiary/aromatic N) is 1. The highest BCUT2D eigenvalue weighted by Gasteiger charge is 2.30. The Hall–Kier alpha value is -0.610. The third-order valence-electron chi connectivity index (χ3n) is 4.25. The van der Waals surface area contributed by atoms with Crippen molar-refractivity contribution in [2.24, 2.45) is 0 Å². The summed E-state index contributed by atoms with van der Waals surface area (Å²) < 4.78 is 0. The number of hydrogen-bond acceptors (Lipinski definition) is 3. The van der Waals surface area contributed by atoms with E-state index < -0.39 is 0 Å². The molecule has 1 fully saturated rings. The van der Waals surface area contributed by atoms with E-state index in [0.717, 1.165) is 36.6 Å². The van der Waals surface area contributed by atoms with E-state index in [0.29, 0.717) is 11.8 Å². The largest absolute Gasteiger partial charge is 0.311 e. The fourth-order valence-corrected chi connectivity index (χ4v) is 5.62. The lowest BCUT2D eigenvalue weighted by atomic mass is 9.94. The average Bonchev–Trinajstić information content (AvgIpc) is 2.54. The van der Waals surface area contributed by atoms with E-state index >= 15 is 0 Å². The van der Waals surface area contributed by atoms with Crippen molar-refractivity contribution in [1.82, 2.24) is 0 Å². The van der Waals surface area contributed by atoms with Crippen LogP contribution in [0.15, 0.2) is 18.2 Å². The van der Waals surface area contributed by atoms with Gasteiger partial charge in [0.25, 0.3) is 0 Å². The highest BCUT2D eigenvalue weighted by molar-refractivity contribution is 8.07. The zero-order chi connectivity index (χ0) is 14.8. The number of carbonyl (C=O) groups excluding carboxylic acids is 1. The van der Waals surface area contributed by atoms with Gasteiger partial charge >= 0.3 is 0 Å². The summed E-state index contributed by atoms with van der Waals surface area (Å²) in [6, 6.07) is 6.67. The van der Waals surface area contributed by atoms with E-state index in [1.54, 1.807) is 0 Å². The van der Waals surface area contributed by atoms with Crippen LogP contribution in [0.3, 0.4) is 0 Å². The summed E-state index contributed by atoms with van der Waals surface area (Å²) in [5.41, 5.74) is 3.90. The van der Waals surface area contributed by atoms with Crippen molar-refractivity contribution in [2.45, 2.75) is 37.9 Å². The molecule has 1 amide bonds. The quantitative estimate of drug-likeness (QED) is 0.823. The van der Waals surface area contributed by atoms with Gasteiger partial charge in [-0.25, -0.2) is 0 Å². The number of rotatable bonds is 2. The summed E-state index contributed by atoms with van der Waals surface area (Å²) in [7, 11) is 0. The van der Waals surface area contributed by atoms with Gasteiger partial charge in [0, 0.05) is 29.5 Å². The normalized spacial score (nSPS) is 22.2. The molecule has 0 saturated carbocycles. The molecule has 1 saturated heterocycles. The van der Waals surface area contributed by atoms with E-state index in [2.05, 4.69) is 32.0 Å². The average molecular weight is 322 g/mol. The molecule has 1 aromatic carbocycles. The van der Waals surface area contributed by atoms with Crippen LogP contribution in [0, 0.1) is 0 Å². The van der Waals surface area contributed by atoms with Crippen molar-refractivity contribution in [3.8, 4) is 0 Å². The van der Waals surface area contributed by atoms with Crippen LogP contribution in [-0.4, -0.2) is 35.0 Å². The molecule has 0 aliphatic carbocycles. The molecule has 0 aromatic heterocycles. The Morgan fingerprint density at radius 1 is 1.33 bits per heavy atom. The maximum atomic E-state index is 12.8. The summed E-state index contributed by atoms with van der Waals surface area (Å²) in [4.78, 5) is 14.9. The number of hydrogen-bond donors (Lipinski definition) is 0. The first kappa shape index (κ1) is 15.3. The highest BCUT2D eigenvalue weighted by Crippen LogP contribution is 2.33. The van der Waals surface area contributed by atoms with Gasteiger partial charge in [-0.2, -0.15) is 11.8 Å². The minimum absolute atomic E-state index is 0.152. The van der Waals surface area contributed by atoms with Crippen LogP contribution in [0.25, 0.3) is 0 Å². The summed E-state index contributed by atoms with van der Waals surface area (Å²) >= 11 is 3.75. The van der Waals surface area contributed by atoms with Crippen LogP contribution < -0.4 is 4.90 Å². The van der Waals surface area contributed by atoms with Crippen LogP contribution in [0.4, 0.5) is 5.69 Å². The zero-order valence-corrected chi connectivity index (χ0v) is 14.4. The fraction of sp³-hybridized carbons (Fsp3) is 0.588. The minimum Gasteiger partial charge on any atom is -0.311 e. The van der Waals surface area contributed by atoms with Gasteiger partial charge in [0.1, 0.15) is 0 Å². The van der Waals surface area contributed by atoms with E-state index in [1.165, 1.54) is 16.9 Å². The molecular weight excluding hydrogens is 298 g/mol. The Labute approximate surface area is 136 Å². The van der Waals surface area contributed by atoms with Gasteiger partial charge in [0.05, 0.1) is 5.25 Å². The van der Waals surface area contributed by atoms with E-state index in [9.17, 15) is 4.79 Å². The second-order valence-corrected chi connectivity index (χ2v) is 8.53. The van der Waals surface area contributed by atoms with Gasteiger partial charge in [-0.3, -0.25) is 4.79 Å². The molecule has 2 nitrogen and oxygen atoms in total. The monoisotopic (exact) mass is 321 g/mol. The van der Waals surface area contributed by atoms with Gasteiger partial charge in [0.2, 0.25) is 5.91 Å². The summed E-state index contributed by atoms with van der Waals surface area (Å²) in [5, 5.41) is 0.152. The molecular formula is C17H23NOS2. The Kier molecular flexibility index (Phi) is 4.85. The minimum atomic E-state index is 0.152. The first-order valence-electron chi connectivity index (χ1n) is 7.80. The molecule has 3 rings (SSSR count). The molecule has 1 unspecified atom stereocenters. The Morgan fingerprint density at radius 3 is 2.90 bits per heavy atom. The third kappa shape index (κ3) is 3.26. The molecule has 2 aliphatic rings. The molecule has 4 heteroatoms. The molecule has 21 heavy (non-hydrogen) atoms. The maximum Gasteiger partial charge on any atom is 0.240 e. The number of thioether (sulfide) groups is 2. The lowest BCUT2D eigenvalue weighted by Gasteiger charge is -2.33. The van der Waals surface area contributed by atoms with Crippen molar-refractivity contribution in [3.05, 3.63) is 29.3 Å². The number of benzene rings is 1. The van der Waals surface area contributed by atoms with Crippen LogP contribution in [0.2, 0.25) is 0 Å². The predicted molar refractivity (Wildman–Crippen MR) is 94.8 cm³/mol. The summed E-state index contributed by atoms with van der Waals surface area (Å²) in [6.45, 7) is 5.33. The Balaban J connectivity index is 1.84. The van der Waals surface area contributed by atoms with Crippen molar-refractivity contribution >= 4 is 35.1 Å². The molecule has 0 spiro atoms. The lowest BCUT2D eigenvalue weighted by molar-refractivity contribution is -0.117. The molecule has 0 radical (unpaired) electrons. The zero-order valence-electron chi connectivity index (χ0n) is 12.8. The lowest BCUT2D eigenvalue weighted by Crippen LogP contribution is -2.43. The number of anilines is 1. The molecule has 114 valence electrons. The van der Waals surface area contributed by atoms with Crippen LogP contribution >= 0.6 is 23.5 Å². The number of carbonyl (C=O) groups is 1. The smallest absolute Gasteiger partial charge is 0.240 e. The Morgan fingerprint density at radius 2 is 2.19 bits per heavy atom. The molecule has 1 aromatic rings. The van der Waals surface area contributed by atoms with E-state index in [4.69, 9.17) is 0 Å². The number of amides is 1. The fourth-order valence-electron chi connectivity index (χ4n) is 3.01. The van der Waals surface area contributed by atoms with Gasteiger partial charge < -0.3 is 4.90 Å². The van der Waals surface area contributed by atoms with E-state index in [1.807, 2.05) is 28.4 Å². The van der Waals surface area contributed by atoms with Crippen molar-refractivity contribution in [3.63, 3.8) is 0 Å². The Bertz CT molecular complexity index is 524. The van der Waals surface area contributed by atoms with Crippen molar-refractivity contribution < 1.29 is 4.79 Å². The molecule has 0 N–H and O–H groups in total. The van der Waals surface area contributed by atoms with Crippen molar-refractivity contribution in [2.75, 3.05) is 28.7 Å². The van der Waals surface area contributed by atoms with Crippen molar-refractivity contribution in [1.29, 1.82) is 0 Å². The second kappa shape index (κ2) is 6.66. The van der Waals surface area contributed by atoms with Crippen LogP contribution in [0.1, 0.15) is 37.3 Å². The van der Waals surface area contributed by atoms with Gasteiger partial charge in [-0.05, 0) is 36.0 Å². The standard InChI is InChI=1S/C17H23NOS2/c1-12(2)13-5-6-15-14(10-13)4-3-7-18(15)17(19)16-11-20-8-9-21-16/h5-6,10,12,16H,3-4,7-9,11H2,1-2H3.